The van der Waals surface area contributed by atoms with Crippen LogP contribution in [0.2, 0.25) is 5.02 Å². The zero-order valence-electron chi connectivity index (χ0n) is 8.16. The Bertz CT molecular complexity index is 299. The Morgan fingerprint density at radius 2 is 2.14 bits per heavy atom. The summed E-state index contributed by atoms with van der Waals surface area (Å²) in [5.41, 5.74) is 1.29. The summed E-state index contributed by atoms with van der Waals surface area (Å²) in [5.74, 6) is 0.598. The number of methoxy groups -OCH3 is 1. The van der Waals surface area contributed by atoms with Gasteiger partial charge in [0.05, 0.1) is 6.61 Å². The van der Waals surface area contributed by atoms with Gasteiger partial charge in [-0.1, -0.05) is 23.7 Å². The Labute approximate surface area is 89.2 Å². The Morgan fingerprint density at radius 3 is 2.64 bits per heavy atom. The van der Waals surface area contributed by atoms with Gasteiger partial charge in [-0.2, -0.15) is 0 Å². The molecule has 1 aromatic rings. The Kier molecular flexibility index (Phi) is 3.06. The average molecular weight is 212 g/mol. The first kappa shape index (κ1) is 9.97. The van der Waals surface area contributed by atoms with Gasteiger partial charge in [0.25, 0.3) is 0 Å². The lowest BCUT2D eigenvalue weighted by atomic mass is 9.87. The van der Waals surface area contributed by atoms with Crippen molar-refractivity contribution < 1.29 is 4.74 Å². The highest BCUT2D eigenvalue weighted by Crippen LogP contribution is 2.29. The van der Waals surface area contributed by atoms with E-state index < -0.39 is 0 Å². The van der Waals surface area contributed by atoms with Crippen LogP contribution >= 0.6 is 11.6 Å². The second-order valence-corrected chi connectivity index (χ2v) is 4.09. The molecule has 1 aliphatic rings. The molecule has 0 spiro atoms. The Balaban J connectivity index is 2.04. The van der Waals surface area contributed by atoms with Gasteiger partial charge in [-0.25, -0.2) is 0 Å². The molecule has 1 aliphatic heterocycles. The lowest BCUT2D eigenvalue weighted by Crippen LogP contribution is -2.47. The normalized spacial score (nSPS) is 25.9. The third-order valence-electron chi connectivity index (χ3n) is 2.68. The van der Waals surface area contributed by atoms with E-state index in [1.807, 2.05) is 12.1 Å². The first-order chi connectivity index (χ1) is 6.81. The van der Waals surface area contributed by atoms with Crippen molar-refractivity contribution >= 4 is 11.6 Å². The van der Waals surface area contributed by atoms with Gasteiger partial charge in [-0.05, 0) is 17.7 Å². The maximum Gasteiger partial charge on any atom is 0.0520 e. The molecule has 14 heavy (non-hydrogen) atoms. The van der Waals surface area contributed by atoms with Crippen molar-refractivity contribution in [2.75, 3.05) is 20.3 Å². The van der Waals surface area contributed by atoms with Crippen LogP contribution < -0.4 is 5.32 Å². The Morgan fingerprint density at radius 1 is 1.43 bits per heavy atom. The number of halogens is 1. The van der Waals surface area contributed by atoms with Crippen molar-refractivity contribution in [2.45, 2.75) is 6.04 Å². The lowest BCUT2D eigenvalue weighted by molar-refractivity contribution is 0.0883. The van der Waals surface area contributed by atoms with Crippen LogP contribution in [0.1, 0.15) is 11.6 Å². The minimum atomic E-state index is 0.437. The molecular formula is C11H14ClNO. The highest BCUT2D eigenvalue weighted by atomic mass is 35.5. The van der Waals surface area contributed by atoms with Gasteiger partial charge in [0, 0.05) is 30.6 Å². The van der Waals surface area contributed by atoms with E-state index in [2.05, 4.69) is 17.4 Å². The highest BCUT2D eigenvalue weighted by molar-refractivity contribution is 6.30. The molecule has 2 atom stereocenters. The van der Waals surface area contributed by atoms with Gasteiger partial charge in [0.1, 0.15) is 0 Å². The van der Waals surface area contributed by atoms with Crippen molar-refractivity contribution in [3.05, 3.63) is 34.9 Å². The molecule has 0 aliphatic carbocycles. The summed E-state index contributed by atoms with van der Waals surface area (Å²) in [7, 11) is 1.75. The van der Waals surface area contributed by atoms with Crippen molar-refractivity contribution in [1.29, 1.82) is 0 Å². The SMILES string of the molecule is COCC1CNC1c1ccc(Cl)cc1. The number of hydrogen-bond acceptors (Lipinski definition) is 2. The minimum absolute atomic E-state index is 0.437. The predicted molar refractivity (Wildman–Crippen MR) is 57.6 cm³/mol. The molecule has 0 amide bonds. The van der Waals surface area contributed by atoms with Crippen molar-refractivity contribution in [2.24, 2.45) is 5.92 Å². The van der Waals surface area contributed by atoms with Crippen LogP contribution in [0.25, 0.3) is 0 Å². The van der Waals surface area contributed by atoms with Gasteiger partial charge in [-0.15, -0.1) is 0 Å². The maximum atomic E-state index is 5.83. The van der Waals surface area contributed by atoms with Gasteiger partial charge >= 0.3 is 0 Å². The summed E-state index contributed by atoms with van der Waals surface area (Å²) in [6.45, 7) is 1.86. The quantitative estimate of drug-likeness (QED) is 0.828. The van der Waals surface area contributed by atoms with Crippen molar-refractivity contribution in [1.82, 2.24) is 5.32 Å². The molecule has 2 nitrogen and oxygen atoms in total. The number of ether oxygens (including phenoxy) is 1. The summed E-state index contributed by atoms with van der Waals surface area (Å²) >= 11 is 5.83. The molecule has 0 saturated carbocycles. The van der Waals surface area contributed by atoms with Gasteiger partial charge < -0.3 is 10.1 Å². The molecule has 3 heteroatoms. The first-order valence-corrected chi connectivity index (χ1v) is 5.17. The van der Waals surface area contributed by atoms with E-state index in [1.54, 1.807) is 7.11 Å². The third kappa shape index (κ3) is 1.92. The molecule has 2 rings (SSSR count). The number of benzene rings is 1. The molecule has 1 N–H and O–H groups in total. The van der Waals surface area contributed by atoms with Crippen LogP contribution in [-0.2, 0) is 4.74 Å². The molecule has 1 heterocycles. The summed E-state index contributed by atoms with van der Waals surface area (Å²) in [6, 6.07) is 8.44. The van der Waals surface area contributed by atoms with E-state index in [-0.39, 0.29) is 0 Å². The van der Waals surface area contributed by atoms with Crippen LogP contribution in [-0.4, -0.2) is 20.3 Å². The molecule has 0 aromatic heterocycles. The van der Waals surface area contributed by atoms with E-state index in [4.69, 9.17) is 16.3 Å². The second-order valence-electron chi connectivity index (χ2n) is 3.65. The number of hydrogen-bond donors (Lipinski definition) is 1. The van der Waals surface area contributed by atoms with Gasteiger partial charge in [0.2, 0.25) is 0 Å². The van der Waals surface area contributed by atoms with E-state index in [9.17, 15) is 0 Å². The van der Waals surface area contributed by atoms with Crippen LogP contribution in [0.4, 0.5) is 0 Å². The topological polar surface area (TPSA) is 21.3 Å². The van der Waals surface area contributed by atoms with Gasteiger partial charge in [-0.3, -0.25) is 0 Å². The van der Waals surface area contributed by atoms with Crippen molar-refractivity contribution in [3.8, 4) is 0 Å². The van der Waals surface area contributed by atoms with E-state index in [0.29, 0.717) is 12.0 Å². The third-order valence-corrected chi connectivity index (χ3v) is 2.93. The standard InChI is InChI=1S/C11H14ClNO/c1-14-7-9-6-13-11(9)8-2-4-10(12)5-3-8/h2-5,9,11,13H,6-7H2,1H3. The predicted octanol–water partition coefficient (Wildman–Crippen LogP) is 2.25. The van der Waals surface area contributed by atoms with Gasteiger partial charge in [0.15, 0.2) is 0 Å². The number of nitrogens with one attached hydrogen (secondary N) is 1. The van der Waals surface area contributed by atoms with Crippen LogP contribution in [0, 0.1) is 5.92 Å². The maximum absolute atomic E-state index is 5.83. The smallest absolute Gasteiger partial charge is 0.0520 e. The Hall–Kier alpha value is -0.570. The van der Waals surface area contributed by atoms with E-state index in [0.717, 1.165) is 18.2 Å². The molecule has 1 saturated heterocycles. The molecule has 1 aromatic carbocycles. The summed E-state index contributed by atoms with van der Waals surface area (Å²) in [4.78, 5) is 0. The molecule has 76 valence electrons. The van der Waals surface area contributed by atoms with Crippen LogP contribution in [0.3, 0.4) is 0 Å². The lowest BCUT2D eigenvalue weighted by Gasteiger charge is -2.38. The van der Waals surface area contributed by atoms with E-state index >= 15 is 0 Å². The first-order valence-electron chi connectivity index (χ1n) is 4.79. The molecular weight excluding hydrogens is 198 g/mol. The van der Waals surface area contributed by atoms with Crippen LogP contribution in [0.5, 0.6) is 0 Å². The monoisotopic (exact) mass is 211 g/mol. The summed E-state index contributed by atoms with van der Waals surface area (Å²) in [5, 5.41) is 4.18. The summed E-state index contributed by atoms with van der Waals surface area (Å²) in [6.07, 6.45) is 0. The minimum Gasteiger partial charge on any atom is -0.384 e. The zero-order chi connectivity index (χ0) is 9.97. The second kappa shape index (κ2) is 4.30. The van der Waals surface area contributed by atoms with Crippen LogP contribution in [0.15, 0.2) is 24.3 Å². The largest absolute Gasteiger partial charge is 0.384 e. The molecule has 0 bridgehead atoms. The molecule has 0 radical (unpaired) electrons. The number of rotatable bonds is 3. The van der Waals surface area contributed by atoms with E-state index in [1.165, 1.54) is 5.56 Å². The molecule has 2 unspecified atom stereocenters. The fourth-order valence-electron chi connectivity index (χ4n) is 1.83. The van der Waals surface area contributed by atoms with Crippen molar-refractivity contribution in [3.63, 3.8) is 0 Å². The fraction of sp³-hybridized carbons (Fsp3) is 0.455. The molecule has 1 fully saturated rings. The highest BCUT2D eigenvalue weighted by Gasteiger charge is 2.31. The zero-order valence-corrected chi connectivity index (χ0v) is 8.92. The fourth-order valence-corrected chi connectivity index (χ4v) is 1.96. The summed E-state index contributed by atoms with van der Waals surface area (Å²) < 4.78 is 5.16. The average Bonchev–Trinajstić information content (AvgIpc) is 2.16.